The van der Waals surface area contributed by atoms with Crippen LogP contribution >= 0.6 is 0 Å². The third-order valence-corrected chi connectivity index (χ3v) is 0.643. The van der Waals surface area contributed by atoms with E-state index in [1.807, 2.05) is 0 Å². The lowest BCUT2D eigenvalue weighted by atomic mass is 10.3. The summed E-state index contributed by atoms with van der Waals surface area (Å²) < 4.78 is 0. The van der Waals surface area contributed by atoms with Crippen LogP contribution in [0.4, 0.5) is 0 Å². The van der Waals surface area contributed by atoms with Crippen LogP contribution in [0.2, 0.25) is 0 Å². The number of nitrogens with two attached hydrogens (primary N) is 2. The van der Waals surface area contributed by atoms with Gasteiger partial charge in [-0.2, -0.15) is 0 Å². The lowest BCUT2D eigenvalue weighted by molar-refractivity contribution is -0.116. The Balaban J connectivity index is 4.17. The van der Waals surface area contributed by atoms with Crippen molar-refractivity contribution in [2.24, 2.45) is 11.5 Å². The molecule has 0 atom stereocenters. The van der Waals surface area contributed by atoms with Gasteiger partial charge < -0.3 is 11.5 Å². The first-order valence-corrected chi connectivity index (χ1v) is 2.31. The third-order valence-electron chi connectivity index (χ3n) is 0.643. The van der Waals surface area contributed by atoms with Crippen molar-refractivity contribution in [1.82, 2.24) is 0 Å². The Morgan fingerprint density at radius 3 is 1.89 bits per heavy atom. The Kier molecular flexibility index (Phi) is 2.44. The average molecular weight is 128 g/mol. The van der Waals surface area contributed by atoms with E-state index in [0.29, 0.717) is 0 Å². The number of carbonyl (C=O) groups is 2. The summed E-state index contributed by atoms with van der Waals surface area (Å²) in [5.41, 5.74) is 9.48. The SMILES string of the molecule is CC(=O)C=C(N)C(N)=O. The molecule has 0 fully saturated rings. The Hall–Kier alpha value is -1.32. The van der Waals surface area contributed by atoms with Crippen LogP contribution in [0.25, 0.3) is 0 Å². The van der Waals surface area contributed by atoms with Crippen molar-refractivity contribution >= 4 is 11.7 Å². The highest BCUT2D eigenvalue weighted by Crippen LogP contribution is 1.80. The fourth-order valence-electron chi connectivity index (χ4n) is 0.290. The number of primary amides is 1. The van der Waals surface area contributed by atoms with Gasteiger partial charge in [0.15, 0.2) is 5.78 Å². The van der Waals surface area contributed by atoms with Crippen LogP contribution in [0, 0.1) is 0 Å². The van der Waals surface area contributed by atoms with E-state index in [0.717, 1.165) is 6.08 Å². The van der Waals surface area contributed by atoms with Gasteiger partial charge in [0, 0.05) is 6.08 Å². The summed E-state index contributed by atoms with van der Waals surface area (Å²) in [6.07, 6.45) is 0.988. The largest absolute Gasteiger partial charge is 0.394 e. The molecule has 0 spiro atoms. The lowest BCUT2D eigenvalue weighted by Gasteiger charge is -1.89. The minimum atomic E-state index is -0.773. The molecule has 0 bridgehead atoms. The van der Waals surface area contributed by atoms with Gasteiger partial charge in [0.25, 0.3) is 5.91 Å². The van der Waals surface area contributed by atoms with Crippen molar-refractivity contribution in [2.45, 2.75) is 6.92 Å². The quantitative estimate of drug-likeness (QED) is 0.463. The molecule has 0 aromatic carbocycles. The summed E-state index contributed by atoms with van der Waals surface area (Å²) in [6, 6.07) is 0. The van der Waals surface area contributed by atoms with Crippen LogP contribution in [0.1, 0.15) is 6.92 Å². The van der Waals surface area contributed by atoms with Crippen molar-refractivity contribution in [3.8, 4) is 0 Å². The minimum absolute atomic E-state index is 0.206. The zero-order valence-electron chi connectivity index (χ0n) is 5.05. The van der Waals surface area contributed by atoms with Crippen molar-refractivity contribution in [3.05, 3.63) is 11.8 Å². The van der Waals surface area contributed by atoms with Crippen molar-refractivity contribution < 1.29 is 9.59 Å². The lowest BCUT2D eigenvalue weighted by Crippen LogP contribution is -2.20. The number of hydrogen-bond acceptors (Lipinski definition) is 3. The topological polar surface area (TPSA) is 86.2 Å². The van der Waals surface area contributed by atoms with E-state index in [2.05, 4.69) is 0 Å². The van der Waals surface area contributed by atoms with Crippen molar-refractivity contribution in [3.63, 3.8) is 0 Å². The molecular formula is C5H8N2O2. The average Bonchev–Trinajstić information content (AvgIpc) is 1.63. The first-order chi connectivity index (χ1) is 4.04. The Bertz CT molecular complexity index is 172. The summed E-state index contributed by atoms with van der Waals surface area (Å²) in [7, 11) is 0. The highest BCUT2D eigenvalue weighted by molar-refractivity contribution is 5.99. The number of hydrogen-bond donors (Lipinski definition) is 2. The number of amides is 1. The second kappa shape index (κ2) is 2.86. The maximum Gasteiger partial charge on any atom is 0.264 e. The predicted octanol–water partition coefficient (Wildman–Crippen LogP) is -1.10. The molecule has 1 amide bonds. The zero-order valence-corrected chi connectivity index (χ0v) is 5.05. The molecule has 0 heterocycles. The van der Waals surface area contributed by atoms with E-state index in [-0.39, 0.29) is 11.5 Å². The summed E-state index contributed by atoms with van der Waals surface area (Å²) in [4.78, 5) is 20.3. The molecule has 4 heteroatoms. The fourth-order valence-corrected chi connectivity index (χ4v) is 0.290. The van der Waals surface area contributed by atoms with E-state index in [1.165, 1.54) is 6.92 Å². The Morgan fingerprint density at radius 2 is 1.78 bits per heavy atom. The number of ketones is 1. The van der Waals surface area contributed by atoms with Gasteiger partial charge in [-0.3, -0.25) is 9.59 Å². The third kappa shape index (κ3) is 3.28. The van der Waals surface area contributed by atoms with Gasteiger partial charge in [0.2, 0.25) is 0 Å². The molecule has 0 aromatic rings. The minimum Gasteiger partial charge on any atom is -0.394 e. The van der Waals surface area contributed by atoms with Gasteiger partial charge >= 0.3 is 0 Å². The van der Waals surface area contributed by atoms with Crippen LogP contribution in [-0.4, -0.2) is 11.7 Å². The Labute approximate surface area is 52.5 Å². The first-order valence-electron chi connectivity index (χ1n) is 2.31. The van der Waals surface area contributed by atoms with E-state index in [9.17, 15) is 9.59 Å². The van der Waals surface area contributed by atoms with Crippen LogP contribution in [0.3, 0.4) is 0 Å². The predicted molar refractivity (Wildman–Crippen MR) is 32.1 cm³/mol. The van der Waals surface area contributed by atoms with Gasteiger partial charge in [-0.25, -0.2) is 0 Å². The van der Waals surface area contributed by atoms with Gasteiger partial charge in [0.05, 0.1) is 0 Å². The molecule has 0 radical (unpaired) electrons. The van der Waals surface area contributed by atoms with Gasteiger partial charge in [-0.15, -0.1) is 0 Å². The molecular weight excluding hydrogens is 120 g/mol. The molecule has 0 unspecified atom stereocenters. The van der Waals surface area contributed by atoms with Crippen LogP contribution in [0.5, 0.6) is 0 Å². The summed E-state index contributed by atoms with van der Waals surface area (Å²) in [5.74, 6) is -1.06. The molecule has 4 nitrogen and oxygen atoms in total. The zero-order chi connectivity index (χ0) is 7.44. The Morgan fingerprint density at radius 1 is 1.33 bits per heavy atom. The summed E-state index contributed by atoms with van der Waals surface area (Å²) in [5, 5.41) is 0. The smallest absolute Gasteiger partial charge is 0.264 e. The van der Waals surface area contributed by atoms with Crippen molar-refractivity contribution in [1.29, 1.82) is 0 Å². The summed E-state index contributed by atoms with van der Waals surface area (Å²) in [6.45, 7) is 1.29. The summed E-state index contributed by atoms with van der Waals surface area (Å²) >= 11 is 0. The molecule has 4 N–H and O–H groups in total. The standard InChI is InChI=1S/C5H8N2O2/c1-3(8)2-4(6)5(7)9/h2H,6H2,1H3,(H2,7,9). The normalized spacial score (nSPS) is 11.0. The number of rotatable bonds is 2. The van der Waals surface area contributed by atoms with E-state index in [1.54, 1.807) is 0 Å². The maximum atomic E-state index is 10.2. The van der Waals surface area contributed by atoms with E-state index < -0.39 is 5.91 Å². The molecule has 0 aromatic heterocycles. The first kappa shape index (κ1) is 7.68. The molecule has 0 aliphatic rings. The molecule has 50 valence electrons. The molecule has 0 rings (SSSR count). The van der Waals surface area contributed by atoms with Crippen LogP contribution < -0.4 is 11.5 Å². The van der Waals surface area contributed by atoms with Gasteiger partial charge in [0.1, 0.15) is 5.70 Å². The van der Waals surface area contributed by atoms with Crippen molar-refractivity contribution in [2.75, 3.05) is 0 Å². The van der Waals surface area contributed by atoms with Gasteiger partial charge in [-0.1, -0.05) is 0 Å². The number of carbonyl (C=O) groups excluding carboxylic acids is 2. The second-order valence-electron chi connectivity index (χ2n) is 1.57. The van der Waals surface area contributed by atoms with Crippen LogP contribution in [-0.2, 0) is 9.59 Å². The molecule has 0 saturated carbocycles. The van der Waals surface area contributed by atoms with Gasteiger partial charge in [-0.05, 0) is 6.92 Å². The van der Waals surface area contributed by atoms with E-state index in [4.69, 9.17) is 11.5 Å². The molecule has 0 aliphatic heterocycles. The van der Waals surface area contributed by atoms with Crippen LogP contribution in [0.15, 0.2) is 11.8 Å². The highest BCUT2D eigenvalue weighted by Gasteiger charge is 1.97. The fraction of sp³-hybridized carbons (Fsp3) is 0.200. The molecule has 0 aliphatic carbocycles. The molecule has 0 saturated heterocycles. The second-order valence-corrected chi connectivity index (χ2v) is 1.57. The monoisotopic (exact) mass is 128 g/mol. The number of allylic oxidation sites excluding steroid dienone is 1. The highest BCUT2D eigenvalue weighted by atomic mass is 16.1. The molecule has 9 heavy (non-hydrogen) atoms. The maximum absolute atomic E-state index is 10.2. The van der Waals surface area contributed by atoms with E-state index >= 15 is 0 Å².